The zero-order chi connectivity index (χ0) is 18.3. The Morgan fingerprint density at radius 2 is 1.92 bits per heavy atom. The van der Waals surface area contributed by atoms with Gasteiger partial charge in [0.05, 0.1) is 21.5 Å². The third-order valence-electron chi connectivity index (χ3n) is 4.58. The van der Waals surface area contributed by atoms with Gasteiger partial charge < -0.3 is 9.88 Å². The van der Waals surface area contributed by atoms with Crippen LogP contribution in [0.3, 0.4) is 0 Å². The summed E-state index contributed by atoms with van der Waals surface area (Å²) in [5.41, 5.74) is 4.20. The molecule has 132 valence electrons. The van der Waals surface area contributed by atoms with Crippen molar-refractivity contribution < 1.29 is 4.92 Å². The van der Waals surface area contributed by atoms with Crippen molar-refractivity contribution in [2.45, 2.75) is 13.8 Å². The number of nitro groups is 1. The number of anilines is 1. The Hall–Kier alpha value is -3.42. The zero-order valence-electron chi connectivity index (χ0n) is 14.5. The van der Waals surface area contributed by atoms with Gasteiger partial charge in [-0.05, 0) is 38.1 Å². The molecular formula is C18H18N6O2. The highest BCUT2D eigenvalue weighted by Crippen LogP contribution is 2.30. The van der Waals surface area contributed by atoms with Gasteiger partial charge in [0.1, 0.15) is 5.69 Å². The monoisotopic (exact) mass is 350 g/mol. The molecule has 0 radical (unpaired) electrons. The van der Waals surface area contributed by atoms with Crippen molar-refractivity contribution in [2.24, 2.45) is 0 Å². The molecule has 2 aromatic heterocycles. The number of nitrogens with one attached hydrogen (secondary N) is 2. The number of hydrogen-bond donors (Lipinski definition) is 2. The lowest BCUT2D eigenvalue weighted by Crippen LogP contribution is -2.21. The van der Waals surface area contributed by atoms with E-state index in [9.17, 15) is 10.1 Å². The van der Waals surface area contributed by atoms with Crippen LogP contribution in [-0.2, 0) is 0 Å². The first-order chi connectivity index (χ1) is 12.6. The minimum atomic E-state index is -0.411. The Bertz CT molecular complexity index is 1110. The van der Waals surface area contributed by atoms with Gasteiger partial charge in [-0.1, -0.05) is 0 Å². The van der Waals surface area contributed by atoms with Crippen molar-refractivity contribution in [3.8, 4) is 11.5 Å². The molecule has 4 rings (SSSR count). The maximum absolute atomic E-state index is 11.1. The largest absolute Gasteiger partial charge is 0.372 e. The molecule has 2 heterocycles. The van der Waals surface area contributed by atoms with Crippen molar-refractivity contribution in [1.29, 1.82) is 0 Å². The summed E-state index contributed by atoms with van der Waals surface area (Å²) >= 11 is 0. The summed E-state index contributed by atoms with van der Waals surface area (Å²) in [4.78, 5) is 20.8. The Kier molecular flexibility index (Phi) is 3.80. The van der Waals surface area contributed by atoms with E-state index in [4.69, 9.17) is 0 Å². The van der Waals surface area contributed by atoms with E-state index < -0.39 is 4.92 Å². The second kappa shape index (κ2) is 6.14. The number of aromatic amines is 2. The van der Waals surface area contributed by atoms with Gasteiger partial charge in [-0.2, -0.15) is 5.10 Å². The number of H-pyrrole nitrogens is 2. The molecule has 0 atom stereocenters. The molecule has 0 fully saturated rings. The number of aromatic nitrogens is 4. The van der Waals surface area contributed by atoms with E-state index in [1.54, 1.807) is 6.07 Å². The fourth-order valence-electron chi connectivity index (χ4n) is 3.19. The number of nitrogens with zero attached hydrogens (tertiary/aromatic N) is 4. The SMILES string of the molecule is CCN(CC)c1ccc2nc(-c3n[nH]c4ccc([N+](=O)[O-])cc34)[nH]c2c1. The lowest BCUT2D eigenvalue weighted by atomic mass is 10.2. The van der Waals surface area contributed by atoms with Crippen LogP contribution in [-0.4, -0.2) is 38.2 Å². The first-order valence-electron chi connectivity index (χ1n) is 8.48. The fourth-order valence-corrected chi connectivity index (χ4v) is 3.19. The highest BCUT2D eigenvalue weighted by atomic mass is 16.6. The molecule has 2 aromatic carbocycles. The van der Waals surface area contributed by atoms with Crippen molar-refractivity contribution >= 4 is 33.3 Å². The normalized spacial score (nSPS) is 11.3. The summed E-state index contributed by atoms with van der Waals surface area (Å²) in [6, 6.07) is 10.7. The number of imidazole rings is 1. The highest BCUT2D eigenvalue weighted by Gasteiger charge is 2.16. The summed E-state index contributed by atoms with van der Waals surface area (Å²) in [6.07, 6.45) is 0. The van der Waals surface area contributed by atoms with Gasteiger partial charge in [0.2, 0.25) is 0 Å². The average Bonchev–Trinajstić information content (AvgIpc) is 3.25. The maximum Gasteiger partial charge on any atom is 0.270 e. The second-order valence-electron chi connectivity index (χ2n) is 6.02. The Morgan fingerprint density at radius 3 is 2.65 bits per heavy atom. The van der Waals surface area contributed by atoms with Gasteiger partial charge >= 0.3 is 0 Å². The quantitative estimate of drug-likeness (QED) is 0.420. The van der Waals surface area contributed by atoms with Crippen molar-refractivity contribution in [3.63, 3.8) is 0 Å². The molecule has 0 unspecified atom stereocenters. The van der Waals surface area contributed by atoms with Crippen LogP contribution in [0, 0.1) is 10.1 Å². The smallest absolute Gasteiger partial charge is 0.270 e. The molecule has 8 nitrogen and oxygen atoms in total. The van der Waals surface area contributed by atoms with E-state index in [2.05, 4.69) is 45.0 Å². The Morgan fingerprint density at radius 1 is 1.12 bits per heavy atom. The molecule has 0 aliphatic heterocycles. The lowest BCUT2D eigenvalue weighted by Gasteiger charge is -2.20. The first kappa shape index (κ1) is 16.1. The summed E-state index contributed by atoms with van der Waals surface area (Å²) < 4.78 is 0. The molecule has 26 heavy (non-hydrogen) atoms. The number of rotatable bonds is 5. The van der Waals surface area contributed by atoms with Crippen LogP contribution in [0.5, 0.6) is 0 Å². The van der Waals surface area contributed by atoms with Crippen molar-refractivity contribution in [3.05, 3.63) is 46.5 Å². The van der Waals surface area contributed by atoms with Crippen LogP contribution in [0.15, 0.2) is 36.4 Å². The molecule has 2 N–H and O–H groups in total. The molecule has 4 aromatic rings. The van der Waals surface area contributed by atoms with Crippen LogP contribution < -0.4 is 4.90 Å². The maximum atomic E-state index is 11.1. The minimum Gasteiger partial charge on any atom is -0.372 e. The van der Waals surface area contributed by atoms with E-state index >= 15 is 0 Å². The Labute approximate surface area is 149 Å². The molecule has 0 aliphatic rings. The van der Waals surface area contributed by atoms with E-state index in [0.717, 1.165) is 35.3 Å². The number of nitro benzene ring substituents is 1. The second-order valence-corrected chi connectivity index (χ2v) is 6.02. The van der Waals surface area contributed by atoms with Crippen molar-refractivity contribution in [2.75, 3.05) is 18.0 Å². The topological polar surface area (TPSA) is 104 Å². The number of hydrogen-bond acceptors (Lipinski definition) is 5. The van der Waals surface area contributed by atoms with Gasteiger partial charge in [-0.25, -0.2) is 4.98 Å². The summed E-state index contributed by atoms with van der Waals surface area (Å²) in [5, 5.41) is 18.9. The summed E-state index contributed by atoms with van der Waals surface area (Å²) in [7, 11) is 0. The number of fused-ring (bicyclic) bond motifs is 2. The van der Waals surface area contributed by atoms with E-state index in [1.807, 2.05) is 12.1 Å². The van der Waals surface area contributed by atoms with E-state index in [-0.39, 0.29) is 5.69 Å². The molecule has 0 amide bonds. The summed E-state index contributed by atoms with van der Waals surface area (Å²) in [6.45, 7) is 6.09. The number of non-ortho nitro benzene ring substituents is 1. The standard InChI is InChI=1S/C18H18N6O2/c1-3-23(4-2)11-5-8-15-16(10-11)20-18(19-15)17-13-9-12(24(25)26)6-7-14(13)21-22-17/h5-10H,3-4H2,1-2H3,(H,19,20)(H,21,22). The van der Waals surface area contributed by atoms with E-state index in [0.29, 0.717) is 16.9 Å². The van der Waals surface area contributed by atoms with Gasteiger partial charge in [-0.15, -0.1) is 0 Å². The van der Waals surface area contributed by atoms with Crippen LogP contribution in [0.25, 0.3) is 33.5 Å². The molecule has 8 heteroatoms. The van der Waals surface area contributed by atoms with Gasteiger partial charge in [0, 0.05) is 36.3 Å². The highest BCUT2D eigenvalue weighted by molar-refractivity contribution is 5.94. The molecule has 0 saturated heterocycles. The van der Waals surface area contributed by atoms with Crippen LogP contribution in [0.4, 0.5) is 11.4 Å². The predicted octanol–water partition coefficient (Wildman–Crippen LogP) is 3.86. The first-order valence-corrected chi connectivity index (χ1v) is 8.48. The van der Waals surface area contributed by atoms with E-state index in [1.165, 1.54) is 12.1 Å². The fraction of sp³-hybridized carbons (Fsp3) is 0.222. The van der Waals surface area contributed by atoms with Gasteiger partial charge in [-0.3, -0.25) is 15.2 Å². The Balaban J connectivity index is 1.83. The molecule has 0 saturated carbocycles. The average molecular weight is 350 g/mol. The lowest BCUT2D eigenvalue weighted by molar-refractivity contribution is -0.384. The third kappa shape index (κ3) is 2.55. The molecule has 0 aliphatic carbocycles. The zero-order valence-corrected chi connectivity index (χ0v) is 14.5. The van der Waals surface area contributed by atoms with Crippen LogP contribution in [0.1, 0.15) is 13.8 Å². The van der Waals surface area contributed by atoms with Crippen LogP contribution >= 0.6 is 0 Å². The van der Waals surface area contributed by atoms with Crippen molar-refractivity contribution in [1.82, 2.24) is 20.2 Å². The predicted molar refractivity (Wildman–Crippen MR) is 101 cm³/mol. The van der Waals surface area contributed by atoms with Gasteiger partial charge in [0.25, 0.3) is 5.69 Å². The summed E-state index contributed by atoms with van der Waals surface area (Å²) in [5.74, 6) is 0.587. The number of benzene rings is 2. The van der Waals surface area contributed by atoms with Gasteiger partial charge in [0.15, 0.2) is 5.82 Å². The third-order valence-corrected chi connectivity index (χ3v) is 4.58. The molecular weight excluding hydrogens is 332 g/mol. The minimum absolute atomic E-state index is 0.0279. The molecule has 0 bridgehead atoms. The molecule has 0 spiro atoms. The van der Waals surface area contributed by atoms with Crippen LogP contribution in [0.2, 0.25) is 0 Å².